The van der Waals surface area contributed by atoms with Gasteiger partial charge >= 0.3 is 0 Å². The third-order valence-corrected chi connectivity index (χ3v) is 5.29. The van der Waals surface area contributed by atoms with Gasteiger partial charge in [-0.25, -0.2) is 4.98 Å². The van der Waals surface area contributed by atoms with E-state index in [1.807, 2.05) is 10.3 Å². The van der Waals surface area contributed by atoms with Gasteiger partial charge in [0, 0.05) is 17.8 Å². The van der Waals surface area contributed by atoms with E-state index in [9.17, 15) is 9.59 Å². The molecule has 3 rings (SSSR count). The number of nitrogens with zero attached hydrogens (tertiary/aromatic N) is 2. The number of likely N-dealkylation sites (tertiary alicyclic amines) is 1. The highest BCUT2D eigenvalue weighted by Gasteiger charge is 2.39. The Morgan fingerprint density at radius 2 is 2.18 bits per heavy atom. The van der Waals surface area contributed by atoms with Crippen molar-refractivity contribution in [1.82, 2.24) is 15.2 Å². The van der Waals surface area contributed by atoms with Crippen LogP contribution >= 0.6 is 11.3 Å². The monoisotopic (exact) mass is 321 g/mol. The molecule has 1 aliphatic carbocycles. The van der Waals surface area contributed by atoms with E-state index in [0.717, 1.165) is 55.8 Å². The van der Waals surface area contributed by atoms with Crippen LogP contribution in [-0.4, -0.2) is 34.3 Å². The molecular weight excluding hydrogens is 298 g/mol. The number of carbonyl (C=O) groups excluding carboxylic acids is 2. The Morgan fingerprint density at radius 1 is 1.36 bits per heavy atom. The van der Waals surface area contributed by atoms with E-state index in [0.29, 0.717) is 6.54 Å². The molecule has 1 aromatic rings. The summed E-state index contributed by atoms with van der Waals surface area (Å²) in [5.41, 5.74) is 1.07. The van der Waals surface area contributed by atoms with E-state index >= 15 is 0 Å². The number of aryl methyl sites for hydroxylation is 1. The van der Waals surface area contributed by atoms with Crippen LogP contribution in [0.3, 0.4) is 0 Å². The van der Waals surface area contributed by atoms with Gasteiger partial charge in [0.15, 0.2) is 0 Å². The number of aromatic nitrogens is 1. The number of carbonyl (C=O) groups is 2. The van der Waals surface area contributed by atoms with Gasteiger partial charge < -0.3 is 10.2 Å². The fourth-order valence-corrected chi connectivity index (χ4v) is 3.72. The van der Waals surface area contributed by atoms with Crippen LogP contribution in [-0.2, 0) is 22.6 Å². The molecule has 6 heteroatoms. The van der Waals surface area contributed by atoms with Gasteiger partial charge in [0.25, 0.3) is 0 Å². The molecule has 120 valence electrons. The standard InChI is InChI=1S/C16H23N3O2S/c1-2-12-10-22-14(18-12)9-17-15(20)13-5-3-4-8-19(13)16(21)11-6-7-11/h10-11,13H,2-9H2,1H3,(H,17,20)/t13-/m0/s1. The van der Waals surface area contributed by atoms with Crippen molar-refractivity contribution < 1.29 is 9.59 Å². The van der Waals surface area contributed by atoms with Crippen LogP contribution in [0.25, 0.3) is 0 Å². The van der Waals surface area contributed by atoms with E-state index in [1.54, 1.807) is 11.3 Å². The lowest BCUT2D eigenvalue weighted by Gasteiger charge is -2.34. The van der Waals surface area contributed by atoms with Crippen LogP contribution < -0.4 is 5.32 Å². The molecule has 0 bridgehead atoms. The smallest absolute Gasteiger partial charge is 0.243 e. The maximum atomic E-state index is 12.5. The number of piperidine rings is 1. The fourth-order valence-electron chi connectivity index (χ4n) is 2.91. The number of hydrogen-bond acceptors (Lipinski definition) is 4. The molecule has 1 saturated carbocycles. The summed E-state index contributed by atoms with van der Waals surface area (Å²) >= 11 is 1.58. The lowest BCUT2D eigenvalue weighted by molar-refractivity contribution is -0.143. The van der Waals surface area contributed by atoms with Gasteiger partial charge in [0.2, 0.25) is 11.8 Å². The molecule has 1 atom stereocenters. The molecule has 2 amide bonds. The molecule has 1 saturated heterocycles. The van der Waals surface area contributed by atoms with E-state index in [4.69, 9.17) is 0 Å². The van der Waals surface area contributed by atoms with Crippen molar-refractivity contribution in [3.63, 3.8) is 0 Å². The Bertz CT molecular complexity index is 553. The average molecular weight is 321 g/mol. The molecule has 0 radical (unpaired) electrons. The molecule has 0 aromatic carbocycles. The van der Waals surface area contributed by atoms with Crippen molar-refractivity contribution in [2.45, 2.75) is 58.0 Å². The Kier molecular flexibility index (Phi) is 4.76. The van der Waals surface area contributed by atoms with Gasteiger partial charge in [-0.15, -0.1) is 11.3 Å². The fraction of sp³-hybridized carbons (Fsp3) is 0.688. The van der Waals surface area contributed by atoms with Crippen LogP contribution in [0.4, 0.5) is 0 Å². The average Bonchev–Trinajstić information content (AvgIpc) is 3.30. The third kappa shape index (κ3) is 3.48. The molecule has 1 aromatic heterocycles. The van der Waals surface area contributed by atoms with E-state index in [1.165, 1.54) is 0 Å². The molecule has 0 spiro atoms. The van der Waals surface area contributed by atoms with Gasteiger partial charge in [-0.1, -0.05) is 6.92 Å². The van der Waals surface area contributed by atoms with Crippen molar-refractivity contribution in [2.75, 3.05) is 6.54 Å². The second-order valence-electron chi connectivity index (χ2n) is 6.12. The highest BCUT2D eigenvalue weighted by Crippen LogP contribution is 2.33. The molecule has 1 aliphatic heterocycles. The summed E-state index contributed by atoms with van der Waals surface area (Å²) in [6, 6.07) is -0.285. The molecule has 22 heavy (non-hydrogen) atoms. The molecule has 0 unspecified atom stereocenters. The lowest BCUT2D eigenvalue weighted by Crippen LogP contribution is -2.52. The summed E-state index contributed by atoms with van der Waals surface area (Å²) in [5, 5.41) is 5.93. The lowest BCUT2D eigenvalue weighted by atomic mass is 10.0. The third-order valence-electron chi connectivity index (χ3n) is 4.39. The SMILES string of the molecule is CCc1csc(CNC(=O)[C@@H]2CCCCN2C(=O)C2CC2)n1. The largest absolute Gasteiger partial charge is 0.348 e. The Balaban J connectivity index is 1.58. The molecule has 2 aliphatic rings. The van der Waals surface area contributed by atoms with Gasteiger partial charge in [-0.2, -0.15) is 0 Å². The van der Waals surface area contributed by atoms with Gasteiger partial charge in [0.05, 0.1) is 12.2 Å². The van der Waals surface area contributed by atoms with Crippen LogP contribution in [0.5, 0.6) is 0 Å². The van der Waals surface area contributed by atoms with Gasteiger partial charge in [-0.05, 0) is 38.5 Å². The Labute approximate surface area is 135 Å². The van der Waals surface area contributed by atoms with Gasteiger partial charge in [0.1, 0.15) is 11.0 Å². The first-order valence-corrected chi connectivity index (χ1v) is 9.08. The van der Waals surface area contributed by atoms with E-state index < -0.39 is 0 Å². The maximum Gasteiger partial charge on any atom is 0.243 e. The number of nitrogens with one attached hydrogen (secondary N) is 1. The first-order valence-electron chi connectivity index (χ1n) is 8.20. The summed E-state index contributed by atoms with van der Waals surface area (Å²) in [6.45, 7) is 3.26. The number of thiazole rings is 1. The highest BCUT2D eigenvalue weighted by atomic mass is 32.1. The summed E-state index contributed by atoms with van der Waals surface area (Å²) < 4.78 is 0. The predicted molar refractivity (Wildman–Crippen MR) is 85.4 cm³/mol. The zero-order valence-electron chi connectivity index (χ0n) is 13.0. The van der Waals surface area contributed by atoms with E-state index in [-0.39, 0.29) is 23.8 Å². The normalized spacial score (nSPS) is 21.7. The molecule has 1 N–H and O–H groups in total. The van der Waals surface area contributed by atoms with Crippen LogP contribution in [0, 0.1) is 5.92 Å². The molecular formula is C16H23N3O2S. The predicted octanol–water partition coefficient (Wildman–Crippen LogP) is 2.11. The quantitative estimate of drug-likeness (QED) is 0.903. The van der Waals surface area contributed by atoms with Crippen molar-refractivity contribution in [1.29, 1.82) is 0 Å². The second-order valence-corrected chi connectivity index (χ2v) is 7.06. The summed E-state index contributed by atoms with van der Waals surface area (Å²) in [7, 11) is 0. The van der Waals surface area contributed by atoms with Crippen molar-refractivity contribution in [3.8, 4) is 0 Å². The zero-order chi connectivity index (χ0) is 15.5. The first-order chi connectivity index (χ1) is 10.7. The topological polar surface area (TPSA) is 62.3 Å². The van der Waals surface area contributed by atoms with Gasteiger partial charge in [-0.3, -0.25) is 9.59 Å². The summed E-state index contributed by atoms with van der Waals surface area (Å²) in [4.78, 5) is 31.1. The Hall–Kier alpha value is -1.43. The van der Waals surface area contributed by atoms with E-state index in [2.05, 4.69) is 17.2 Å². The summed E-state index contributed by atoms with van der Waals surface area (Å²) in [5.74, 6) is 0.337. The first kappa shape index (κ1) is 15.5. The maximum absolute atomic E-state index is 12.5. The minimum atomic E-state index is -0.285. The van der Waals surface area contributed by atoms with Crippen molar-refractivity contribution >= 4 is 23.2 Å². The zero-order valence-corrected chi connectivity index (χ0v) is 13.8. The second kappa shape index (κ2) is 6.77. The number of hydrogen-bond donors (Lipinski definition) is 1. The van der Waals surface area contributed by atoms with Crippen LogP contribution in [0.15, 0.2) is 5.38 Å². The number of rotatable bonds is 5. The minimum absolute atomic E-state index is 0.0260. The van der Waals surface area contributed by atoms with Crippen LogP contribution in [0.1, 0.15) is 49.7 Å². The molecule has 2 fully saturated rings. The summed E-state index contributed by atoms with van der Waals surface area (Å²) in [6.07, 6.45) is 5.70. The molecule has 2 heterocycles. The molecule has 5 nitrogen and oxygen atoms in total. The van der Waals surface area contributed by atoms with Crippen LogP contribution in [0.2, 0.25) is 0 Å². The van der Waals surface area contributed by atoms with Crippen molar-refractivity contribution in [3.05, 3.63) is 16.1 Å². The Morgan fingerprint density at radius 3 is 2.86 bits per heavy atom. The highest BCUT2D eigenvalue weighted by molar-refractivity contribution is 7.09. The van der Waals surface area contributed by atoms with Crippen molar-refractivity contribution in [2.24, 2.45) is 5.92 Å². The number of amides is 2. The minimum Gasteiger partial charge on any atom is -0.348 e.